The van der Waals surface area contributed by atoms with Crippen LogP contribution >= 0.6 is 11.3 Å². The molecule has 2 aromatic carbocycles. The average molecular weight is 378 g/mol. The third-order valence-corrected chi connectivity index (χ3v) is 5.77. The molecule has 1 fully saturated rings. The molecule has 3 aromatic rings. The fraction of sp³-hybridized carbons (Fsp3) is 0.273. The number of carbonyl (C=O) groups is 1. The van der Waals surface area contributed by atoms with Crippen molar-refractivity contribution in [2.45, 2.75) is 13.5 Å². The largest absolute Gasteiger partial charge is 0.336 e. The van der Waals surface area contributed by atoms with Gasteiger partial charge in [0.25, 0.3) is 5.91 Å². The first-order valence-electron chi connectivity index (χ1n) is 9.27. The Kier molecular flexibility index (Phi) is 5.32. The lowest BCUT2D eigenvalue weighted by Gasteiger charge is -2.34. The molecule has 1 saturated heterocycles. The van der Waals surface area contributed by atoms with Crippen LogP contribution in [0.15, 0.2) is 60.0 Å². The van der Waals surface area contributed by atoms with Gasteiger partial charge in [0.2, 0.25) is 0 Å². The summed E-state index contributed by atoms with van der Waals surface area (Å²) in [7, 11) is 0. The average Bonchev–Trinajstić information content (AvgIpc) is 3.13. The molecule has 0 unspecified atom stereocenters. The number of hydrogen-bond acceptors (Lipinski definition) is 4. The Morgan fingerprint density at radius 1 is 0.963 bits per heavy atom. The van der Waals surface area contributed by atoms with Gasteiger partial charge in [0.1, 0.15) is 0 Å². The summed E-state index contributed by atoms with van der Waals surface area (Å²) in [5, 5.41) is 3.24. The van der Waals surface area contributed by atoms with Crippen LogP contribution in [0.4, 0.5) is 0 Å². The summed E-state index contributed by atoms with van der Waals surface area (Å²) >= 11 is 1.69. The normalized spacial score (nSPS) is 15.1. The second kappa shape index (κ2) is 8.03. The van der Waals surface area contributed by atoms with E-state index >= 15 is 0 Å². The monoisotopic (exact) mass is 377 g/mol. The third-order valence-electron chi connectivity index (χ3n) is 4.95. The molecule has 2 heterocycles. The van der Waals surface area contributed by atoms with E-state index < -0.39 is 0 Å². The first-order valence-corrected chi connectivity index (χ1v) is 10.1. The van der Waals surface area contributed by atoms with Crippen LogP contribution in [0, 0.1) is 6.92 Å². The summed E-state index contributed by atoms with van der Waals surface area (Å²) in [5.41, 5.74) is 4.20. The molecule has 1 aliphatic rings. The predicted octanol–water partition coefficient (Wildman–Crippen LogP) is 4.08. The molecule has 0 atom stereocenters. The van der Waals surface area contributed by atoms with Crippen molar-refractivity contribution >= 4 is 17.2 Å². The number of piperazine rings is 1. The molecule has 0 bridgehead atoms. The van der Waals surface area contributed by atoms with E-state index in [-0.39, 0.29) is 5.91 Å². The first-order chi connectivity index (χ1) is 13.2. The molecule has 5 heteroatoms. The van der Waals surface area contributed by atoms with Gasteiger partial charge in [0, 0.05) is 43.7 Å². The maximum absolute atomic E-state index is 12.8. The van der Waals surface area contributed by atoms with Crippen LogP contribution in [0.25, 0.3) is 11.1 Å². The molecule has 0 aliphatic carbocycles. The molecule has 0 saturated carbocycles. The van der Waals surface area contributed by atoms with Crippen molar-refractivity contribution in [2.24, 2.45) is 0 Å². The summed E-state index contributed by atoms with van der Waals surface area (Å²) in [6, 6.07) is 18.2. The Hall–Kier alpha value is -2.50. The highest BCUT2D eigenvalue weighted by Crippen LogP contribution is 2.20. The minimum atomic E-state index is 0.124. The van der Waals surface area contributed by atoms with Gasteiger partial charge < -0.3 is 4.90 Å². The number of carbonyl (C=O) groups excluding carboxylic acids is 1. The minimum absolute atomic E-state index is 0.124. The lowest BCUT2D eigenvalue weighted by Crippen LogP contribution is -2.48. The fourth-order valence-electron chi connectivity index (χ4n) is 3.44. The zero-order chi connectivity index (χ0) is 18.6. The van der Waals surface area contributed by atoms with Crippen molar-refractivity contribution in [3.8, 4) is 11.1 Å². The van der Waals surface area contributed by atoms with Gasteiger partial charge in [-0.1, -0.05) is 42.5 Å². The Bertz CT molecular complexity index is 897. The quantitative estimate of drug-likeness (QED) is 0.687. The van der Waals surface area contributed by atoms with Gasteiger partial charge in [0.15, 0.2) is 0 Å². The van der Waals surface area contributed by atoms with E-state index in [1.165, 1.54) is 5.56 Å². The molecule has 0 radical (unpaired) electrons. The number of amides is 1. The highest BCUT2D eigenvalue weighted by molar-refractivity contribution is 7.09. The van der Waals surface area contributed by atoms with Gasteiger partial charge in [0.05, 0.1) is 10.7 Å². The van der Waals surface area contributed by atoms with Gasteiger partial charge in [-0.2, -0.15) is 0 Å². The summed E-state index contributed by atoms with van der Waals surface area (Å²) < 4.78 is 0. The number of aryl methyl sites for hydroxylation is 1. The SMILES string of the molecule is Cc1nc(CN2CCN(C(=O)c3ccc(-c4ccccc4)cc3)CC2)cs1. The molecule has 138 valence electrons. The molecular formula is C22H23N3OS. The molecular weight excluding hydrogens is 354 g/mol. The van der Waals surface area contributed by atoms with Crippen molar-refractivity contribution in [1.82, 2.24) is 14.8 Å². The van der Waals surface area contributed by atoms with Crippen LogP contribution in [0.2, 0.25) is 0 Å². The first kappa shape index (κ1) is 17.9. The minimum Gasteiger partial charge on any atom is -0.336 e. The third kappa shape index (κ3) is 4.26. The van der Waals surface area contributed by atoms with E-state index in [2.05, 4.69) is 27.4 Å². The van der Waals surface area contributed by atoms with E-state index in [0.29, 0.717) is 0 Å². The number of nitrogens with zero attached hydrogens (tertiary/aromatic N) is 3. The molecule has 27 heavy (non-hydrogen) atoms. The maximum atomic E-state index is 12.8. The molecule has 1 aliphatic heterocycles. The standard InChI is InChI=1S/C22H23N3OS/c1-17-23-21(16-27-17)15-24-11-13-25(14-12-24)22(26)20-9-7-19(8-10-20)18-5-3-2-4-6-18/h2-10,16H,11-15H2,1H3. The molecule has 1 aromatic heterocycles. The van der Waals surface area contributed by atoms with E-state index in [4.69, 9.17) is 0 Å². The molecule has 1 amide bonds. The van der Waals surface area contributed by atoms with Crippen molar-refractivity contribution in [3.05, 3.63) is 76.2 Å². The van der Waals surface area contributed by atoms with Gasteiger partial charge >= 0.3 is 0 Å². The Balaban J connectivity index is 1.35. The number of aromatic nitrogens is 1. The number of thiazole rings is 1. The van der Waals surface area contributed by atoms with Crippen LogP contribution in [-0.2, 0) is 6.54 Å². The van der Waals surface area contributed by atoms with Crippen molar-refractivity contribution in [3.63, 3.8) is 0 Å². The Labute approximate surface area is 164 Å². The van der Waals surface area contributed by atoms with Crippen molar-refractivity contribution in [2.75, 3.05) is 26.2 Å². The summed E-state index contributed by atoms with van der Waals surface area (Å²) in [6.45, 7) is 6.23. The van der Waals surface area contributed by atoms with Gasteiger partial charge in [-0.3, -0.25) is 9.69 Å². The fourth-order valence-corrected chi connectivity index (χ4v) is 4.04. The Morgan fingerprint density at radius 2 is 1.63 bits per heavy atom. The van der Waals surface area contributed by atoms with E-state index in [0.717, 1.165) is 54.6 Å². The lowest BCUT2D eigenvalue weighted by atomic mass is 10.0. The predicted molar refractivity (Wildman–Crippen MR) is 110 cm³/mol. The van der Waals surface area contributed by atoms with Crippen LogP contribution in [0.3, 0.4) is 0 Å². The maximum Gasteiger partial charge on any atom is 0.253 e. The van der Waals surface area contributed by atoms with E-state index in [1.54, 1.807) is 11.3 Å². The number of rotatable bonds is 4. The van der Waals surface area contributed by atoms with Crippen LogP contribution in [0.1, 0.15) is 21.1 Å². The second-order valence-electron chi connectivity index (χ2n) is 6.87. The molecule has 0 N–H and O–H groups in total. The second-order valence-corrected chi connectivity index (χ2v) is 7.93. The zero-order valence-electron chi connectivity index (χ0n) is 15.5. The van der Waals surface area contributed by atoms with Crippen LogP contribution in [0.5, 0.6) is 0 Å². The smallest absolute Gasteiger partial charge is 0.253 e. The van der Waals surface area contributed by atoms with Crippen molar-refractivity contribution in [1.29, 1.82) is 0 Å². The highest BCUT2D eigenvalue weighted by Gasteiger charge is 2.22. The summed E-state index contributed by atoms with van der Waals surface area (Å²) in [6.07, 6.45) is 0. The van der Waals surface area contributed by atoms with Gasteiger partial charge in [-0.05, 0) is 30.2 Å². The van der Waals surface area contributed by atoms with Gasteiger partial charge in [-0.15, -0.1) is 11.3 Å². The Morgan fingerprint density at radius 3 is 2.26 bits per heavy atom. The molecule has 4 rings (SSSR count). The summed E-state index contributed by atoms with van der Waals surface area (Å²) in [4.78, 5) is 21.7. The zero-order valence-corrected chi connectivity index (χ0v) is 16.3. The highest BCUT2D eigenvalue weighted by atomic mass is 32.1. The van der Waals surface area contributed by atoms with Crippen LogP contribution < -0.4 is 0 Å². The van der Waals surface area contributed by atoms with Crippen LogP contribution in [-0.4, -0.2) is 46.9 Å². The topological polar surface area (TPSA) is 36.4 Å². The van der Waals surface area contributed by atoms with E-state index in [1.807, 2.05) is 54.3 Å². The molecule has 4 nitrogen and oxygen atoms in total. The van der Waals surface area contributed by atoms with Gasteiger partial charge in [-0.25, -0.2) is 4.98 Å². The number of benzene rings is 2. The molecule has 0 spiro atoms. The number of hydrogen-bond donors (Lipinski definition) is 0. The van der Waals surface area contributed by atoms with Crippen molar-refractivity contribution < 1.29 is 4.79 Å². The summed E-state index contributed by atoms with van der Waals surface area (Å²) in [5.74, 6) is 0.124. The lowest BCUT2D eigenvalue weighted by molar-refractivity contribution is 0.0627. The van der Waals surface area contributed by atoms with E-state index in [9.17, 15) is 4.79 Å².